The highest BCUT2D eigenvalue weighted by molar-refractivity contribution is 6.24. The van der Waals surface area contributed by atoms with Gasteiger partial charge in [0.15, 0.2) is 6.79 Å². The third kappa shape index (κ3) is 3.58. The van der Waals surface area contributed by atoms with E-state index in [4.69, 9.17) is 9.90 Å². The summed E-state index contributed by atoms with van der Waals surface area (Å²) < 4.78 is 13.1. The fourth-order valence-corrected chi connectivity index (χ4v) is 0.166. The van der Waals surface area contributed by atoms with Gasteiger partial charge in [-0.15, -0.1) is 0 Å². The van der Waals surface area contributed by atoms with Crippen LogP contribution in [0.2, 0.25) is 0 Å². The van der Waals surface area contributed by atoms with Gasteiger partial charge >= 0.3 is 9.17 Å². The number of aliphatic hydroxyl groups excluding tert-OH is 1. The molecule has 0 unspecified atom stereocenters. The second-order valence-corrected chi connectivity index (χ2v) is 1.36. The predicted octanol–water partition coefficient (Wildman–Crippen LogP) is -1.64. The van der Waals surface area contributed by atoms with Crippen LogP contribution in [0.3, 0.4) is 0 Å². The normalized spacial score (nSPS) is 7.50. The largest absolute Gasteiger partial charge is 0.766 e. The highest BCUT2D eigenvalue weighted by Crippen LogP contribution is 1.59. The summed E-state index contributed by atoms with van der Waals surface area (Å²) >= 11 is 0. The Kier molecular flexibility index (Phi) is 2.60. The van der Waals surface area contributed by atoms with Gasteiger partial charge in [-0.2, -0.15) is 0 Å². The van der Waals surface area contributed by atoms with E-state index in [2.05, 4.69) is 4.43 Å². The summed E-state index contributed by atoms with van der Waals surface area (Å²) in [6.07, 6.45) is 0. The van der Waals surface area contributed by atoms with Gasteiger partial charge in [0.1, 0.15) is 0 Å². The summed E-state index contributed by atoms with van der Waals surface area (Å²) in [6.45, 7) is -0.686. The van der Waals surface area contributed by atoms with Crippen molar-refractivity contribution in [2.75, 3.05) is 6.79 Å². The highest BCUT2D eigenvalue weighted by atomic mass is 28.3. The Morgan fingerprint density at radius 2 is 2.33 bits per heavy atom. The van der Waals surface area contributed by atoms with Crippen molar-refractivity contribution in [2.24, 2.45) is 0 Å². The van der Waals surface area contributed by atoms with Crippen molar-refractivity contribution in [2.45, 2.75) is 0 Å². The molecule has 0 aliphatic rings. The Morgan fingerprint density at radius 1 is 1.83 bits per heavy atom. The zero-order valence-electron chi connectivity index (χ0n) is 2.92. The van der Waals surface area contributed by atoms with E-state index in [1.54, 1.807) is 0 Å². The maximum Gasteiger partial charge on any atom is 0.766 e. The molecule has 0 aromatic heterocycles. The third-order valence-electron chi connectivity index (χ3n) is 0.188. The summed E-state index contributed by atoms with van der Waals surface area (Å²) in [5.41, 5.74) is 0. The molecule has 36 valence electrons. The van der Waals surface area contributed by atoms with Gasteiger partial charge in [-0.05, 0) is 0 Å². The summed E-state index contributed by atoms with van der Waals surface area (Å²) in [5.74, 6) is 0. The minimum Gasteiger partial charge on any atom is -0.511 e. The lowest BCUT2D eigenvalue weighted by Gasteiger charge is -1.85. The van der Waals surface area contributed by atoms with Crippen LogP contribution in [0.1, 0.15) is 0 Å². The van der Waals surface area contributed by atoms with Crippen LogP contribution in [0.4, 0.5) is 0 Å². The minimum atomic E-state index is -2.89. The molecule has 0 aromatic carbocycles. The zero-order chi connectivity index (χ0) is 4.99. The lowest BCUT2D eigenvalue weighted by molar-refractivity contribution is 0.0698. The molecule has 0 bridgehead atoms. The van der Waals surface area contributed by atoms with Gasteiger partial charge in [0.2, 0.25) is 0 Å². The SMILES string of the molecule is O=[Si](O)OCO. The molecule has 0 spiro atoms. The summed E-state index contributed by atoms with van der Waals surface area (Å²) in [7, 11) is -2.89. The van der Waals surface area contributed by atoms with Crippen LogP contribution >= 0.6 is 0 Å². The van der Waals surface area contributed by atoms with E-state index in [9.17, 15) is 4.46 Å². The summed E-state index contributed by atoms with van der Waals surface area (Å²) in [6, 6.07) is 0. The molecular weight excluding hydrogens is 104 g/mol. The Balaban J connectivity index is 2.83. The van der Waals surface area contributed by atoms with Crippen molar-refractivity contribution in [3.8, 4) is 0 Å². The first-order valence-electron chi connectivity index (χ1n) is 1.24. The van der Waals surface area contributed by atoms with E-state index in [0.29, 0.717) is 0 Å². The third-order valence-corrected chi connectivity index (χ3v) is 0.564. The van der Waals surface area contributed by atoms with Crippen molar-refractivity contribution >= 4 is 9.17 Å². The number of aliphatic hydroxyl groups is 1. The van der Waals surface area contributed by atoms with Crippen molar-refractivity contribution in [3.05, 3.63) is 0 Å². The second kappa shape index (κ2) is 2.80. The average Bonchev–Trinajstić information content (AvgIpc) is 1.35. The molecule has 0 heterocycles. The lowest BCUT2D eigenvalue weighted by atomic mass is 11.6. The topological polar surface area (TPSA) is 66.8 Å². The van der Waals surface area contributed by atoms with E-state index in [0.717, 1.165) is 0 Å². The Hall–Kier alpha value is -0.423. The van der Waals surface area contributed by atoms with Gasteiger partial charge in [0.05, 0.1) is 0 Å². The van der Waals surface area contributed by atoms with Crippen LogP contribution < -0.4 is 0 Å². The average molecular weight is 108 g/mol. The number of hydrogen-bond donors (Lipinski definition) is 2. The first kappa shape index (κ1) is 5.58. The van der Waals surface area contributed by atoms with E-state index in [1.807, 2.05) is 0 Å². The molecule has 5 heteroatoms. The maximum absolute atomic E-state index is 9.40. The van der Waals surface area contributed by atoms with Crippen LogP contribution in [0, 0.1) is 0 Å². The number of rotatable bonds is 2. The molecule has 0 amide bonds. The Morgan fingerprint density at radius 3 is 2.33 bits per heavy atom. The van der Waals surface area contributed by atoms with E-state index >= 15 is 0 Å². The van der Waals surface area contributed by atoms with Crippen molar-refractivity contribution < 1.29 is 18.8 Å². The second-order valence-electron chi connectivity index (χ2n) is 0.539. The number of hydrogen-bond acceptors (Lipinski definition) is 3. The molecule has 0 atom stereocenters. The van der Waals surface area contributed by atoms with Gasteiger partial charge in [-0.25, -0.2) is 0 Å². The van der Waals surface area contributed by atoms with Crippen LogP contribution in [0.25, 0.3) is 0 Å². The van der Waals surface area contributed by atoms with Gasteiger partial charge in [-0.1, -0.05) is 0 Å². The van der Waals surface area contributed by atoms with E-state index < -0.39 is 16.0 Å². The Bertz CT molecular complexity index is 51.5. The van der Waals surface area contributed by atoms with Gasteiger partial charge in [0.25, 0.3) is 0 Å². The van der Waals surface area contributed by atoms with Crippen LogP contribution in [0.15, 0.2) is 0 Å². The molecule has 0 fully saturated rings. The molecule has 0 saturated carbocycles. The van der Waals surface area contributed by atoms with Crippen LogP contribution in [0.5, 0.6) is 0 Å². The smallest absolute Gasteiger partial charge is 0.511 e. The molecule has 0 saturated heterocycles. The molecule has 2 N–H and O–H groups in total. The standard InChI is InChI=1S/CH4O4Si/c2-1-5-6(3)4/h2-3H,1H2. The lowest BCUT2D eigenvalue weighted by Crippen LogP contribution is -2.05. The molecule has 0 aliphatic heterocycles. The fraction of sp³-hybridized carbons (Fsp3) is 1.00. The van der Waals surface area contributed by atoms with Crippen LogP contribution in [-0.4, -0.2) is 25.9 Å². The molecule has 6 heavy (non-hydrogen) atoms. The van der Waals surface area contributed by atoms with E-state index in [1.165, 1.54) is 0 Å². The molecule has 0 rings (SSSR count). The van der Waals surface area contributed by atoms with Gasteiger partial charge < -0.3 is 14.3 Å². The van der Waals surface area contributed by atoms with E-state index in [-0.39, 0.29) is 0 Å². The molecule has 0 aromatic rings. The van der Waals surface area contributed by atoms with Crippen molar-refractivity contribution in [3.63, 3.8) is 0 Å². The minimum absolute atomic E-state index is 0.686. The maximum atomic E-state index is 9.40. The molecule has 0 radical (unpaired) electrons. The van der Waals surface area contributed by atoms with Gasteiger partial charge in [-0.3, -0.25) is 4.46 Å². The van der Waals surface area contributed by atoms with Crippen LogP contribution in [-0.2, 0) is 8.89 Å². The summed E-state index contributed by atoms with van der Waals surface area (Å²) in [4.78, 5) is 7.72. The highest BCUT2D eigenvalue weighted by Gasteiger charge is 1.97. The monoisotopic (exact) mass is 108 g/mol. The van der Waals surface area contributed by atoms with Crippen molar-refractivity contribution in [1.82, 2.24) is 0 Å². The van der Waals surface area contributed by atoms with Crippen molar-refractivity contribution in [1.29, 1.82) is 0 Å². The Labute approximate surface area is 35.9 Å². The molecule has 0 aliphatic carbocycles. The molecular formula is CH4O4Si. The quantitative estimate of drug-likeness (QED) is 0.329. The first-order valence-corrected chi connectivity index (χ1v) is 2.50. The molecule has 4 nitrogen and oxygen atoms in total. The first-order chi connectivity index (χ1) is 2.77. The zero-order valence-corrected chi connectivity index (χ0v) is 3.92. The summed E-state index contributed by atoms with van der Waals surface area (Å²) in [5, 5.41) is 7.68. The van der Waals surface area contributed by atoms with Gasteiger partial charge in [0, 0.05) is 0 Å². The predicted molar refractivity (Wildman–Crippen MR) is 16.8 cm³/mol. The fourth-order valence-electron chi connectivity index (χ4n) is 0.0552.